The van der Waals surface area contributed by atoms with Crippen molar-refractivity contribution in [2.24, 2.45) is 0 Å². The molecule has 0 spiro atoms. The Kier molecular flexibility index (Phi) is 4.57. The number of ether oxygens (including phenoxy) is 1. The summed E-state index contributed by atoms with van der Waals surface area (Å²) in [5.74, 6) is -0.672. The van der Waals surface area contributed by atoms with Gasteiger partial charge < -0.3 is 4.74 Å². The Morgan fingerprint density at radius 1 is 1.17 bits per heavy atom. The van der Waals surface area contributed by atoms with Crippen molar-refractivity contribution in [3.8, 4) is 0 Å². The predicted octanol–water partition coefficient (Wildman–Crippen LogP) is 4.03. The first-order chi connectivity index (χ1) is 11.6. The molecule has 0 saturated carbocycles. The molecule has 2 aromatic carbocycles. The number of amides is 1. The molecule has 0 aliphatic carbocycles. The van der Waals surface area contributed by atoms with Crippen molar-refractivity contribution in [2.75, 3.05) is 11.9 Å². The van der Waals surface area contributed by atoms with Gasteiger partial charge >= 0.3 is 5.97 Å². The Morgan fingerprint density at radius 2 is 1.92 bits per heavy atom. The van der Waals surface area contributed by atoms with Gasteiger partial charge in [-0.3, -0.25) is 10.1 Å². The Hall–Kier alpha value is -2.73. The molecule has 1 heterocycles. The number of fused-ring (bicyclic) bond motifs is 1. The number of hydrogen-bond acceptors (Lipinski definition) is 5. The Balaban J connectivity index is 1.87. The van der Waals surface area contributed by atoms with Crippen LogP contribution in [-0.2, 0) is 4.74 Å². The van der Waals surface area contributed by atoms with E-state index in [0.29, 0.717) is 27.9 Å². The van der Waals surface area contributed by atoms with Gasteiger partial charge in [-0.25, -0.2) is 9.78 Å². The first-order valence-electron chi connectivity index (χ1n) is 7.53. The molecule has 0 unspecified atom stereocenters. The van der Waals surface area contributed by atoms with Crippen molar-refractivity contribution in [1.29, 1.82) is 0 Å². The number of carbonyl (C=O) groups is 2. The average molecular weight is 340 g/mol. The third-order valence-corrected chi connectivity index (χ3v) is 4.57. The van der Waals surface area contributed by atoms with Crippen molar-refractivity contribution >= 4 is 39.1 Å². The number of thiazole rings is 1. The van der Waals surface area contributed by atoms with Gasteiger partial charge in [-0.15, -0.1) is 0 Å². The minimum Gasteiger partial charge on any atom is -0.462 e. The van der Waals surface area contributed by atoms with Gasteiger partial charge in [0.25, 0.3) is 5.91 Å². The summed E-state index contributed by atoms with van der Waals surface area (Å²) in [5.41, 5.74) is 1.12. The van der Waals surface area contributed by atoms with Crippen LogP contribution in [0.25, 0.3) is 10.8 Å². The van der Waals surface area contributed by atoms with Crippen LogP contribution in [-0.4, -0.2) is 23.5 Å². The van der Waals surface area contributed by atoms with Gasteiger partial charge in [-0.1, -0.05) is 47.7 Å². The lowest BCUT2D eigenvalue weighted by Crippen LogP contribution is -2.12. The number of nitrogens with one attached hydrogen (secondary N) is 1. The largest absolute Gasteiger partial charge is 0.462 e. The second-order valence-corrected chi connectivity index (χ2v) is 6.13. The van der Waals surface area contributed by atoms with Gasteiger partial charge in [0, 0.05) is 5.56 Å². The highest BCUT2D eigenvalue weighted by Gasteiger charge is 2.18. The van der Waals surface area contributed by atoms with E-state index in [9.17, 15) is 9.59 Å². The van der Waals surface area contributed by atoms with E-state index in [1.165, 1.54) is 0 Å². The van der Waals surface area contributed by atoms with Crippen LogP contribution < -0.4 is 5.32 Å². The fourth-order valence-electron chi connectivity index (χ4n) is 2.42. The van der Waals surface area contributed by atoms with Crippen LogP contribution in [0.1, 0.15) is 32.6 Å². The van der Waals surface area contributed by atoms with E-state index >= 15 is 0 Å². The number of benzene rings is 2. The summed E-state index contributed by atoms with van der Waals surface area (Å²) in [6, 6.07) is 13.3. The number of hydrogen-bond donors (Lipinski definition) is 1. The number of esters is 1. The van der Waals surface area contributed by atoms with Crippen molar-refractivity contribution in [3.05, 3.63) is 58.6 Å². The fraction of sp³-hybridized carbons (Fsp3) is 0.167. The molecule has 0 radical (unpaired) electrons. The van der Waals surface area contributed by atoms with Crippen molar-refractivity contribution in [1.82, 2.24) is 4.98 Å². The smallest absolute Gasteiger partial charge is 0.350 e. The quantitative estimate of drug-likeness (QED) is 0.728. The molecule has 0 atom stereocenters. The maximum atomic E-state index is 12.6. The van der Waals surface area contributed by atoms with Gasteiger partial charge in [0.05, 0.1) is 12.3 Å². The van der Waals surface area contributed by atoms with E-state index in [0.717, 1.165) is 22.1 Å². The second kappa shape index (κ2) is 6.80. The molecule has 5 nitrogen and oxygen atoms in total. The fourth-order valence-corrected chi connectivity index (χ4v) is 3.28. The molecule has 0 bridgehead atoms. The van der Waals surface area contributed by atoms with Crippen LogP contribution in [0.2, 0.25) is 0 Å². The monoisotopic (exact) mass is 340 g/mol. The molecule has 0 aliphatic heterocycles. The van der Waals surface area contributed by atoms with E-state index < -0.39 is 5.97 Å². The number of rotatable bonds is 4. The molecule has 1 N–H and O–H groups in total. The minimum absolute atomic E-state index is 0.254. The lowest BCUT2D eigenvalue weighted by atomic mass is 10.0. The maximum absolute atomic E-state index is 12.6. The Bertz CT molecular complexity index is 912. The minimum atomic E-state index is -0.418. The molecule has 122 valence electrons. The molecule has 0 aliphatic rings. The van der Waals surface area contributed by atoms with E-state index in [-0.39, 0.29) is 5.91 Å². The molecule has 0 saturated heterocycles. The summed E-state index contributed by atoms with van der Waals surface area (Å²) < 4.78 is 4.99. The number of aromatic nitrogens is 1. The van der Waals surface area contributed by atoms with Crippen LogP contribution in [0.15, 0.2) is 42.5 Å². The van der Waals surface area contributed by atoms with E-state index in [1.54, 1.807) is 19.9 Å². The average Bonchev–Trinajstić information content (AvgIpc) is 2.95. The highest BCUT2D eigenvalue weighted by atomic mass is 32.1. The molecule has 1 aromatic heterocycles. The second-order valence-electron chi connectivity index (χ2n) is 5.13. The molecule has 1 amide bonds. The van der Waals surface area contributed by atoms with E-state index in [4.69, 9.17) is 4.74 Å². The Morgan fingerprint density at radius 3 is 2.71 bits per heavy atom. The molecule has 3 aromatic rings. The number of nitrogens with zero attached hydrogens (tertiary/aromatic N) is 1. The van der Waals surface area contributed by atoms with Gasteiger partial charge in [0.1, 0.15) is 4.88 Å². The van der Waals surface area contributed by atoms with E-state index in [1.807, 2.05) is 36.4 Å². The summed E-state index contributed by atoms with van der Waals surface area (Å²) >= 11 is 1.12. The number of aryl methyl sites for hydroxylation is 1. The molecular weight excluding hydrogens is 324 g/mol. The predicted molar refractivity (Wildman–Crippen MR) is 94.7 cm³/mol. The van der Waals surface area contributed by atoms with Gasteiger partial charge in [-0.05, 0) is 30.7 Å². The van der Waals surface area contributed by atoms with Crippen LogP contribution in [0, 0.1) is 6.92 Å². The zero-order valence-corrected chi connectivity index (χ0v) is 14.1. The number of carbonyl (C=O) groups excluding carboxylic acids is 2. The molecular formula is C18H16N2O3S. The zero-order valence-electron chi connectivity index (χ0n) is 13.3. The Labute approximate surface area is 143 Å². The van der Waals surface area contributed by atoms with Gasteiger partial charge in [-0.2, -0.15) is 0 Å². The first kappa shape index (κ1) is 16.1. The number of anilines is 1. The van der Waals surface area contributed by atoms with E-state index in [2.05, 4.69) is 10.3 Å². The summed E-state index contributed by atoms with van der Waals surface area (Å²) in [6.45, 7) is 3.77. The highest BCUT2D eigenvalue weighted by Crippen LogP contribution is 2.25. The SMILES string of the molecule is CCOC(=O)c1sc(NC(=O)c2cccc3ccccc23)nc1C. The normalized spacial score (nSPS) is 10.6. The summed E-state index contributed by atoms with van der Waals surface area (Å²) in [5, 5.41) is 5.02. The summed E-state index contributed by atoms with van der Waals surface area (Å²) in [6.07, 6.45) is 0. The summed E-state index contributed by atoms with van der Waals surface area (Å²) in [7, 11) is 0. The van der Waals surface area contributed by atoms with Crippen LogP contribution >= 0.6 is 11.3 Å². The van der Waals surface area contributed by atoms with Crippen LogP contribution in [0.3, 0.4) is 0 Å². The standard InChI is InChI=1S/C18H16N2O3S/c1-3-23-17(22)15-11(2)19-18(24-15)20-16(21)14-10-6-8-12-7-4-5-9-13(12)14/h4-10H,3H2,1-2H3,(H,19,20,21). The first-order valence-corrected chi connectivity index (χ1v) is 8.35. The third kappa shape index (κ3) is 3.14. The molecule has 0 fully saturated rings. The van der Waals surface area contributed by atoms with Crippen molar-refractivity contribution in [3.63, 3.8) is 0 Å². The molecule has 24 heavy (non-hydrogen) atoms. The molecule has 6 heteroatoms. The topological polar surface area (TPSA) is 68.3 Å². The van der Waals surface area contributed by atoms with Crippen molar-refractivity contribution in [2.45, 2.75) is 13.8 Å². The van der Waals surface area contributed by atoms with Gasteiger partial charge in [0.2, 0.25) is 0 Å². The maximum Gasteiger partial charge on any atom is 0.350 e. The van der Waals surface area contributed by atoms with Crippen LogP contribution in [0.4, 0.5) is 5.13 Å². The van der Waals surface area contributed by atoms with Crippen LogP contribution in [0.5, 0.6) is 0 Å². The summed E-state index contributed by atoms with van der Waals surface area (Å²) in [4.78, 5) is 29.1. The molecule has 3 rings (SSSR count). The lowest BCUT2D eigenvalue weighted by molar-refractivity contribution is 0.0531. The van der Waals surface area contributed by atoms with Gasteiger partial charge in [0.15, 0.2) is 5.13 Å². The lowest BCUT2D eigenvalue weighted by Gasteiger charge is -2.05. The third-order valence-electron chi connectivity index (χ3n) is 3.51. The zero-order chi connectivity index (χ0) is 17.1. The highest BCUT2D eigenvalue weighted by molar-refractivity contribution is 7.17. The van der Waals surface area contributed by atoms with Crippen molar-refractivity contribution < 1.29 is 14.3 Å².